The van der Waals surface area contributed by atoms with Crippen molar-refractivity contribution in [3.8, 4) is 0 Å². The molecule has 1 aliphatic heterocycles. The number of para-hydroxylation sites is 1. The standard InChI is InChI=1S/C18H21N3OS/c1-4-19-18-21(6-3)17(22)16(23-18)11-13-12-20(5-2)15-10-8-7-9-14(13)15/h7-12H,4-6H2,1-3H3/b16-11+,19-18?. The summed E-state index contributed by atoms with van der Waals surface area (Å²) in [7, 11) is 0. The zero-order chi connectivity index (χ0) is 16.4. The van der Waals surface area contributed by atoms with Crippen LogP contribution in [0, 0.1) is 0 Å². The highest BCUT2D eigenvalue weighted by Gasteiger charge is 2.32. The number of carbonyl (C=O) groups excluding carboxylic acids is 1. The summed E-state index contributed by atoms with van der Waals surface area (Å²) < 4.78 is 2.21. The van der Waals surface area contributed by atoms with Crippen LogP contribution in [-0.4, -0.2) is 33.6 Å². The van der Waals surface area contributed by atoms with Crippen molar-refractivity contribution in [2.24, 2.45) is 4.99 Å². The molecule has 23 heavy (non-hydrogen) atoms. The molecule has 0 radical (unpaired) electrons. The highest BCUT2D eigenvalue weighted by atomic mass is 32.2. The van der Waals surface area contributed by atoms with Crippen LogP contribution in [0.1, 0.15) is 26.3 Å². The van der Waals surface area contributed by atoms with Gasteiger partial charge in [-0.25, -0.2) is 0 Å². The second kappa shape index (κ2) is 6.62. The van der Waals surface area contributed by atoms with Gasteiger partial charge in [-0.2, -0.15) is 0 Å². The Morgan fingerprint density at radius 1 is 1.17 bits per heavy atom. The van der Waals surface area contributed by atoms with Gasteiger partial charge in [-0.3, -0.25) is 14.7 Å². The van der Waals surface area contributed by atoms with E-state index in [1.165, 1.54) is 22.7 Å². The molecule has 0 N–H and O–H groups in total. The molecule has 4 nitrogen and oxygen atoms in total. The first kappa shape index (κ1) is 15.9. The lowest BCUT2D eigenvalue weighted by atomic mass is 10.1. The minimum Gasteiger partial charge on any atom is -0.347 e. The number of rotatable bonds is 4. The topological polar surface area (TPSA) is 37.6 Å². The molecular weight excluding hydrogens is 306 g/mol. The van der Waals surface area contributed by atoms with Crippen LogP contribution in [0.4, 0.5) is 0 Å². The Bertz CT molecular complexity index is 804. The Labute approximate surface area is 140 Å². The molecule has 0 saturated carbocycles. The number of aliphatic imine (C=N–C) groups is 1. The third kappa shape index (κ3) is 2.81. The number of hydrogen-bond donors (Lipinski definition) is 0. The van der Waals surface area contributed by atoms with Crippen LogP contribution >= 0.6 is 11.8 Å². The van der Waals surface area contributed by atoms with Crippen molar-refractivity contribution in [1.82, 2.24) is 9.47 Å². The van der Waals surface area contributed by atoms with E-state index in [1.54, 1.807) is 4.90 Å². The zero-order valence-electron chi connectivity index (χ0n) is 13.7. The molecule has 0 spiro atoms. The molecule has 2 aromatic rings. The predicted octanol–water partition coefficient (Wildman–Crippen LogP) is 3.97. The molecule has 2 heterocycles. The van der Waals surface area contributed by atoms with Crippen LogP contribution in [0.15, 0.2) is 40.4 Å². The Kier molecular flexibility index (Phi) is 4.57. The van der Waals surface area contributed by atoms with Crippen molar-refractivity contribution < 1.29 is 4.79 Å². The minimum absolute atomic E-state index is 0.0537. The van der Waals surface area contributed by atoms with E-state index >= 15 is 0 Å². The van der Waals surface area contributed by atoms with Gasteiger partial charge in [-0.15, -0.1) is 0 Å². The smallest absolute Gasteiger partial charge is 0.266 e. The average molecular weight is 327 g/mol. The number of hydrogen-bond acceptors (Lipinski definition) is 3. The van der Waals surface area contributed by atoms with Gasteiger partial charge in [-0.05, 0) is 44.7 Å². The summed E-state index contributed by atoms with van der Waals surface area (Å²) in [6.45, 7) is 8.35. The van der Waals surface area contributed by atoms with E-state index < -0.39 is 0 Å². The molecule has 120 valence electrons. The van der Waals surface area contributed by atoms with E-state index in [0.29, 0.717) is 13.1 Å². The van der Waals surface area contributed by atoms with Gasteiger partial charge in [0.15, 0.2) is 5.17 Å². The number of amides is 1. The normalized spacial score (nSPS) is 18.7. The third-order valence-corrected chi connectivity index (χ3v) is 4.99. The molecule has 1 aromatic carbocycles. The summed E-state index contributed by atoms with van der Waals surface area (Å²) in [5.74, 6) is 0.0537. The van der Waals surface area contributed by atoms with E-state index in [-0.39, 0.29) is 5.91 Å². The molecule has 0 aliphatic carbocycles. The third-order valence-electron chi connectivity index (χ3n) is 3.94. The minimum atomic E-state index is 0.0537. The fourth-order valence-electron chi connectivity index (χ4n) is 2.83. The predicted molar refractivity (Wildman–Crippen MR) is 98.5 cm³/mol. The quantitative estimate of drug-likeness (QED) is 0.797. The molecule has 1 fully saturated rings. The largest absolute Gasteiger partial charge is 0.347 e. The molecule has 1 aromatic heterocycles. The number of fused-ring (bicyclic) bond motifs is 1. The van der Waals surface area contributed by atoms with Crippen molar-refractivity contribution in [1.29, 1.82) is 0 Å². The summed E-state index contributed by atoms with van der Waals surface area (Å²) in [4.78, 5) is 19.5. The monoisotopic (exact) mass is 327 g/mol. The van der Waals surface area contributed by atoms with Gasteiger partial charge in [0.05, 0.1) is 4.91 Å². The SMILES string of the molecule is CCN=C1S/C(=C/c2cn(CC)c3ccccc23)C(=O)N1CC. The summed E-state index contributed by atoms with van der Waals surface area (Å²) in [6, 6.07) is 8.31. The summed E-state index contributed by atoms with van der Waals surface area (Å²) in [5, 5.41) is 1.99. The van der Waals surface area contributed by atoms with Crippen molar-refractivity contribution >= 4 is 39.8 Å². The first-order chi connectivity index (χ1) is 11.2. The van der Waals surface area contributed by atoms with Gasteiger partial charge < -0.3 is 4.57 Å². The van der Waals surface area contributed by atoms with Crippen LogP contribution in [0.25, 0.3) is 17.0 Å². The maximum Gasteiger partial charge on any atom is 0.266 e. The van der Waals surface area contributed by atoms with Gasteiger partial charge in [0, 0.05) is 42.3 Å². The van der Waals surface area contributed by atoms with Crippen LogP contribution in [0.2, 0.25) is 0 Å². The summed E-state index contributed by atoms with van der Waals surface area (Å²) >= 11 is 1.47. The Morgan fingerprint density at radius 2 is 1.96 bits per heavy atom. The second-order valence-corrected chi connectivity index (χ2v) is 6.31. The van der Waals surface area contributed by atoms with Crippen LogP contribution in [-0.2, 0) is 11.3 Å². The maximum atomic E-state index is 12.6. The molecule has 0 unspecified atom stereocenters. The van der Waals surface area contributed by atoms with E-state index in [0.717, 1.165) is 22.2 Å². The highest BCUT2D eigenvalue weighted by Crippen LogP contribution is 2.34. The average Bonchev–Trinajstić information content (AvgIpc) is 3.07. The van der Waals surface area contributed by atoms with Gasteiger partial charge in [0.1, 0.15) is 0 Å². The second-order valence-electron chi connectivity index (χ2n) is 5.30. The molecule has 1 aliphatic rings. The van der Waals surface area contributed by atoms with Crippen LogP contribution in [0.5, 0.6) is 0 Å². The van der Waals surface area contributed by atoms with Crippen molar-refractivity contribution in [3.05, 3.63) is 40.9 Å². The number of aromatic nitrogens is 1. The number of nitrogens with zero attached hydrogens (tertiary/aromatic N) is 3. The molecule has 0 atom stereocenters. The van der Waals surface area contributed by atoms with Gasteiger partial charge in [0.2, 0.25) is 0 Å². The van der Waals surface area contributed by atoms with E-state index in [4.69, 9.17) is 0 Å². The Hall–Kier alpha value is -2.01. The van der Waals surface area contributed by atoms with E-state index in [1.807, 2.05) is 32.1 Å². The zero-order valence-corrected chi connectivity index (χ0v) is 14.6. The lowest BCUT2D eigenvalue weighted by molar-refractivity contribution is -0.122. The van der Waals surface area contributed by atoms with Gasteiger partial charge in [0.25, 0.3) is 5.91 Å². The fraction of sp³-hybridized carbons (Fsp3) is 0.333. The van der Waals surface area contributed by atoms with Gasteiger partial charge in [-0.1, -0.05) is 18.2 Å². The van der Waals surface area contributed by atoms with Crippen molar-refractivity contribution in [3.63, 3.8) is 0 Å². The summed E-state index contributed by atoms with van der Waals surface area (Å²) in [5.41, 5.74) is 2.29. The lowest BCUT2D eigenvalue weighted by Gasteiger charge is -2.11. The number of benzene rings is 1. The molecule has 3 rings (SSSR count). The van der Waals surface area contributed by atoms with Crippen LogP contribution < -0.4 is 0 Å². The first-order valence-corrected chi connectivity index (χ1v) is 8.84. The van der Waals surface area contributed by atoms with E-state index in [2.05, 4.69) is 34.8 Å². The Morgan fingerprint density at radius 3 is 2.65 bits per heavy atom. The number of amidine groups is 1. The van der Waals surface area contributed by atoms with Crippen molar-refractivity contribution in [2.75, 3.05) is 13.1 Å². The summed E-state index contributed by atoms with van der Waals surface area (Å²) in [6.07, 6.45) is 4.12. The number of aryl methyl sites for hydroxylation is 1. The van der Waals surface area contributed by atoms with Crippen LogP contribution in [0.3, 0.4) is 0 Å². The molecule has 1 saturated heterocycles. The number of likely N-dealkylation sites (N-methyl/N-ethyl adjacent to an activating group) is 1. The fourth-order valence-corrected chi connectivity index (χ4v) is 3.93. The molecule has 5 heteroatoms. The number of thioether (sulfide) groups is 1. The molecule has 0 bridgehead atoms. The van der Waals surface area contributed by atoms with Crippen molar-refractivity contribution in [2.45, 2.75) is 27.3 Å². The lowest BCUT2D eigenvalue weighted by Crippen LogP contribution is -2.28. The van der Waals surface area contributed by atoms with E-state index in [9.17, 15) is 4.79 Å². The van der Waals surface area contributed by atoms with Gasteiger partial charge >= 0.3 is 0 Å². The maximum absolute atomic E-state index is 12.6. The Balaban J connectivity index is 2.06. The molecule has 1 amide bonds. The number of carbonyl (C=O) groups is 1. The first-order valence-electron chi connectivity index (χ1n) is 8.03. The highest BCUT2D eigenvalue weighted by molar-refractivity contribution is 8.18. The molecular formula is C18H21N3OS.